The van der Waals surface area contributed by atoms with Crippen LogP contribution < -0.4 is 4.74 Å². The molecule has 3 heteroatoms. The van der Waals surface area contributed by atoms with Crippen molar-refractivity contribution in [2.45, 2.75) is 31.6 Å². The summed E-state index contributed by atoms with van der Waals surface area (Å²) in [7, 11) is 0. The van der Waals surface area contributed by atoms with Gasteiger partial charge in [0.2, 0.25) is 0 Å². The first-order chi connectivity index (χ1) is 10.2. The second kappa shape index (κ2) is 4.69. The van der Waals surface area contributed by atoms with Crippen molar-refractivity contribution in [1.29, 1.82) is 0 Å². The number of rotatable bonds is 1. The molecule has 1 aliphatic heterocycles. The molecule has 1 heterocycles. The summed E-state index contributed by atoms with van der Waals surface area (Å²) in [5, 5.41) is 19.4. The van der Waals surface area contributed by atoms with E-state index in [0.29, 0.717) is 23.3 Å². The Morgan fingerprint density at radius 2 is 1.33 bits per heavy atom. The SMILES string of the molecule is Oc1ccc2c(c1)Oc1cc(O)ccc1C2C1CCCC1. The Labute approximate surface area is 123 Å². The summed E-state index contributed by atoms with van der Waals surface area (Å²) in [4.78, 5) is 0. The van der Waals surface area contributed by atoms with Crippen LogP contribution in [0.25, 0.3) is 0 Å². The van der Waals surface area contributed by atoms with Crippen molar-refractivity contribution >= 4 is 0 Å². The van der Waals surface area contributed by atoms with Crippen molar-refractivity contribution in [1.82, 2.24) is 0 Å². The van der Waals surface area contributed by atoms with Crippen LogP contribution in [0.15, 0.2) is 36.4 Å². The van der Waals surface area contributed by atoms with Crippen LogP contribution in [0, 0.1) is 5.92 Å². The summed E-state index contributed by atoms with van der Waals surface area (Å²) in [6, 6.07) is 10.8. The summed E-state index contributed by atoms with van der Waals surface area (Å²) in [5.41, 5.74) is 2.30. The van der Waals surface area contributed by atoms with E-state index in [0.717, 1.165) is 11.1 Å². The second-order valence-electron chi connectivity index (χ2n) is 6.07. The lowest BCUT2D eigenvalue weighted by Gasteiger charge is -2.32. The van der Waals surface area contributed by atoms with Crippen LogP contribution in [0.3, 0.4) is 0 Å². The lowest BCUT2D eigenvalue weighted by atomic mass is 9.78. The van der Waals surface area contributed by atoms with E-state index in [-0.39, 0.29) is 11.5 Å². The number of phenols is 2. The molecule has 2 aliphatic rings. The molecule has 1 aliphatic carbocycles. The predicted molar refractivity (Wildman–Crippen MR) is 80.1 cm³/mol. The van der Waals surface area contributed by atoms with E-state index in [1.54, 1.807) is 24.3 Å². The molecule has 4 rings (SSSR count). The molecular weight excluding hydrogens is 264 g/mol. The summed E-state index contributed by atoms with van der Waals surface area (Å²) >= 11 is 0. The van der Waals surface area contributed by atoms with Gasteiger partial charge in [-0.1, -0.05) is 25.0 Å². The summed E-state index contributed by atoms with van der Waals surface area (Å²) in [5.74, 6) is 2.76. The molecule has 0 saturated heterocycles. The fourth-order valence-corrected chi connectivity index (χ4v) is 3.82. The predicted octanol–water partition coefficient (Wildman–Crippen LogP) is 4.53. The molecule has 2 aromatic carbocycles. The Kier molecular flexibility index (Phi) is 2.81. The molecule has 0 radical (unpaired) electrons. The van der Waals surface area contributed by atoms with Crippen LogP contribution in [0.4, 0.5) is 0 Å². The van der Waals surface area contributed by atoms with Crippen molar-refractivity contribution in [3.05, 3.63) is 47.5 Å². The number of aromatic hydroxyl groups is 2. The quantitative estimate of drug-likeness (QED) is 0.808. The van der Waals surface area contributed by atoms with Crippen LogP contribution in [-0.4, -0.2) is 10.2 Å². The highest BCUT2D eigenvalue weighted by Crippen LogP contribution is 2.52. The Bertz CT molecular complexity index is 635. The minimum atomic E-state index is 0.211. The van der Waals surface area contributed by atoms with Crippen molar-refractivity contribution in [2.24, 2.45) is 5.92 Å². The van der Waals surface area contributed by atoms with Gasteiger partial charge in [-0.15, -0.1) is 0 Å². The van der Waals surface area contributed by atoms with E-state index in [2.05, 4.69) is 0 Å². The fourth-order valence-electron chi connectivity index (χ4n) is 3.82. The molecule has 0 amide bonds. The molecule has 2 N–H and O–H groups in total. The molecular formula is C18H18O3. The molecule has 3 nitrogen and oxygen atoms in total. The smallest absolute Gasteiger partial charge is 0.134 e. The van der Waals surface area contributed by atoms with Gasteiger partial charge in [0.15, 0.2) is 0 Å². The van der Waals surface area contributed by atoms with Gasteiger partial charge in [-0.25, -0.2) is 0 Å². The largest absolute Gasteiger partial charge is 0.508 e. The van der Waals surface area contributed by atoms with Crippen LogP contribution in [-0.2, 0) is 0 Å². The minimum absolute atomic E-state index is 0.211. The third kappa shape index (κ3) is 2.04. The normalized spacial score (nSPS) is 18.1. The van der Waals surface area contributed by atoms with Gasteiger partial charge in [-0.2, -0.15) is 0 Å². The van der Waals surface area contributed by atoms with E-state index >= 15 is 0 Å². The van der Waals surface area contributed by atoms with E-state index < -0.39 is 0 Å². The standard InChI is InChI=1S/C18H18O3/c19-12-5-7-14-16(9-12)21-17-10-13(20)6-8-15(17)18(14)11-3-1-2-4-11/h5-11,18-20H,1-4H2. The third-order valence-corrected chi connectivity index (χ3v) is 4.76. The van der Waals surface area contributed by atoms with Gasteiger partial charge >= 0.3 is 0 Å². The molecule has 0 unspecified atom stereocenters. The Hall–Kier alpha value is -2.16. The maximum absolute atomic E-state index is 9.71. The summed E-state index contributed by atoms with van der Waals surface area (Å²) in [6.07, 6.45) is 5.02. The Balaban J connectivity index is 1.88. The number of hydrogen-bond donors (Lipinski definition) is 2. The highest BCUT2D eigenvalue weighted by Gasteiger charge is 2.35. The second-order valence-corrected chi connectivity index (χ2v) is 6.07. The van der Waals surface area contributed by atoms with Gasteiger partial charge in [0, 0.05) is 29.2 Å². The molecule has 21 heavy (non-hydrogen) atoms. The molecule has 0 bridgehead atoms. The Morgan fingerprint density at radius 1 is 0.810 bits per heavy atom. The first kappa shape index (κ1) is 12.6. The number of ether oxygens (including phenoxy) is 1. The number of hydrogen-bond acceptors (Lipinski definition) is 3. The molecule has 0 aromatic heterocycles. The average molecular weight is 282 g/mol. The van der Waals surface area contributed by atoms with Gasteiger partial charge in [-0.3, -0.25) is 0 Å². The molecule has 0 spiro atoms. The topological polar surface area (TPSA) is 49.7 Å². The Morgan fingerprint density at radius 3 is 1.86 bits per heavy atom. The van der Waals surface area contributed by atoms with E-state index in [9.17, 15) is 10.2 Å². The lowest BCUT2D eigenvalue weighted by molar-refractivity contribution is 0.389. The summed E-state index contributed by atoms with van der Waals surface area (Å²) < 4.78 is 5.91. The molecule has 108 valence electrons. The van der Waals surface area contributed by atoms with E-state index in [1.165, 1.54) is 25.7 Å². The molecule has 1 saturated carbocycles. The maximum Gasteiger partial charge on any atom is 0.134 e. The van der Waals surface area contributed by atoms with Crippen LogP contribution in [0.1, 0.15) is 42.7 Å². The monoisotopic (exact) mass is 282 g/mol. The van der Waals surface area contributed by atoms with Crippen molar-refractivity contribution < 1.29 is 14.9 Å². The van der Waals surface area contributed by atoms with E-state index in [1.807, 2.05) is 12.1 Å². The fraction of sp³-hybridized carbons (Fsp3) is 0.333. The molecule has 0 atom stereocenters. The van der Waals surface area contributed by atoms with Gasteiger partial charge in [0.25, 0.3) is 0 Å². The van der Waals surface area contributed by atoms with Gasteiger partial charge in [0.05, 0.1) is 0 Å². The van der Waals surface area contributed by atoms with Gasteiger partial charge in [-0.05, 0) is 30.9 Å². The van der Waals surface area contributed by atoms with Gasteiger partial charge < -0.3 is 14.9 Å². The van der Waals surface area contributed by atoms with Crippen molar-refractivity contribution in [2.75, 3.05) is 0 Å². The highest BCUT2D eigenvalue weighted by molar-refractivity contribution is 5.57. The van der Waals surface area contributed by atoms with Gasteiger partial charge in [0.1, 0.15) is 23.0 Å². The highest BCUT2D eigenvalue weighted by atomic mass is 16.5. The molecule has 1 fully saturated rings. The average Bonchev–Trinajstić information content (AvgIpc) is 2.98. The third-order valence-electron chi connectivity index (χ3n) is 4.76. The van der Waals surface area contributed by atoms with Crippen LogP contribution in [0.5, 0.6) is 23.0 Å². The van der Waals surface area contributed by atoms with Crippen LogP contribution >= 0.6 is 0 Å². The molecule has 2 aromatic rings. The van der Waals surface area contributed by atoms with Crippen molar-refractivity contribution in [3.63, 3.8) is 0 Å². The number of fused-ring (bicyclic) bond motifs is 2. The maximum atomic E-state index is 9.71. The first-order valence-electron chi connectivity index (χ1n) is 7.56. The number of benzene rings is 2. The van der Waals surface area contributed by atoms with Crippen molar-refractivity contribution in [3.8, 4) is 23.0 Å². The van der Waals surface area contributed by atoms with E-state index in [4.69, 9.17) is 4.74 Å². The minimum Gasteiger partial charge on any atom is -0.508 e. The zero-order valence-corrected chi connectivity index (χ0v) is 11.7. The summed E-state index contributed by atoms with van der Waals surface area (Å²) in [6.45, 7) is 0. The lowest BCUT2D eigenvalue weighted by Crippen LogP contribution is -2.17. The first-order valence-corrected chi connectivity index (χ1v) is 7.56. The number of phenolic OH excluding ortho intramolecular Hbond substituents is 2. The zero-order valence-electron chi connectivity index (χ0n) is 11.7. The van der Waals surface area contributed by atoms with Crippen LogP contribution in [0.2, 0.25) is 0 Å². The zero-order chi connectivity index (χ0) is 14.4.